The van der Waals surface area contributed by atoms with E-state index < -0.39 is 11.6 Å². The summed E-state index contributed by atoms with van der Waals surface area (Å²) >= 11 is 11.4. The standard InChI is InChI=1S/C11H14Cl2N2O2/c1-6(16)11(2,3)15-10(17)7-4-8(12)9(13)14-5-7/h4-6,16H,1-3H3,(H,15,17). The van der Waals surface area contributed by atoms with Crippen LogP contribution in [0.25, 0.3) is 0 Å². The van der Waals surface area contributed by atoms with Crippen molar-refractivity contribution < 1.29 is 9.90 Å². The first-order valence-corrected chi connectivity index (χ1v) is 5.81. The Bertz CT molecular complexity index is 433. The first kappa shape index (κ1) is 14.2. The van der Waals surface area contributed by atoms with E-state index in [1.165, 1.54) is 12.3 Å². The summed E-state index contributed by atoms with van der Waals surface area (Å²) in [5.74, 6) is -0.359. The van der Waals surface area contributed by atoms with Crippen LogP contribution < -0.4 is 5.32 Å². The number of pyridine rings is 1. The van der Waals surface area contributed by atoms with Crippen LogP contribution in [0.4, 0.5) is 0 Å². The molecule has 94 valence electrons. The van der Waals surface area contributed by atoms with Crippen LogP contribution in [0.5, 0.6) is 0 Å². The molecule has 1 aromatic heterocycles. The summed E-state index contributed by atoms with van der Waals surface area (Å²) in [6.45, 7) is 5.05. The van der Waals surface area contributed by atoms with Crippen molar-refractivity contribution in [2.45, 2.75) is 32.4 Å². The highest BCUT2D eigenvalue weighted by atomic mass is 35.5. The van der Waals surface area contributed by atoms with E-state index >= 15 is 0 Å². The number of hydrogen-bond donors (Lipinski definition) is 2. The maximum atomic E-state index is 11.9. The molecule has 6 heteroatoms. The van der Waals surface area contributed by atoms with Gasteiger partial charge in [-0.3, -0.25) is 4.79 Å². The lowest BCUT2D eigenvalue weighted by molar-refractivity contribution is 0.0709. The molecule has 0 spiro atoms. The second kappa shape index (κ2) is 5.21. The number of aromatic nitrogens is 1. The van der Waals surface area contributed by atoms with Gasteiger partial charge in [-0.15, -0.1) is 0 Å². The molecule has 1 rings (SSSR count). The normalized spacial score (nSPS) is 13.3. The molecule has 0 fully saturated rings. The van der Waals surface area contributed by atoms with Gasteiger partial charge in [0.2, 0.25) is 0 Å². The lowest BCUT2D eigenvalue weighted by Crippen LogP contribution is -2.51. The van der Waals surface area contributed by atoms with Crippen molar-refractivity contribution in [1.82, 2.24) is 10.3 Å². The Morgan fingerprint density at radius 1 is 1.53 bits per heavy atom. The second-order valence-electron chi connectivity index (χ2n) is 4.35. The Balaban J connectivity index is 2.87. The van der Waals surface area contributed by atoms with E-state index in [-0.39, 0.29) is 16.1 Å². The van der Waals surface area contributed by atoms with E-state index in [4.69, 9.17) is 23.2 Å². The van der Waals surface area contributed by atoms with Gasteiger partial charge in [-0.2, -0.15) is 0 Å². The van der Waals surface area contributed by atoms with Gasteiger partial charge >= 0.3 is 0 Å². The number of nitrogens with zero attached hydrogens (tertiary/aromatic N) is 1. The van der Waals surface area contributed by atoms with Crippen LogP contribution >= 0.6 is 23.2 Å². The lowest BCUT2D eigenvalue weighted by atomic mass is 9.98. The third kappa shape index (κ3) is 3.56. The van der Waals surface area contributed by atoms with E-state index in [0.29, 0.717) is 5.56 Å². The van der Waals surface area contributed by atoms with Crippen LogP contribution in [0.3, 0.4) is 0 Å². The molecule has 0 aromatic carbocycles. The molecule has 0 radical (unpaired) electrons. The van der Waals surface area contributed by atoms with E-state index in [1.54, 1.807) is 20.8 Å². The van der Waals surface area contributed by atoms with Crippen LogP contribution in [0, 0.1) is 0 Å². The molecule has 0 aliphatic carbocycles. The highest BCUT2D eigenvalue weighted by molar-refractivity contribution is 6.41. The fourth-order valence-electron chi connectivity index (χ4n) is 1.01. The van der Waals surface area contributed by atoms with Crippen molar-refractivity contribution in [3.05, 3.63) is 28.0 Å². The van der Waals surface area contributed by atoms with Crippen LogP contribution in [-0.2, 0) is 0 Å². The van der Waals surface area contributed by atoms with E-state index in [9.17, 15) is 9.90 Å². The molecule has 1 atom stereocenters. The van der Waals surface area contributed by atoms with E-state index in [0.717, 1.165) is 0 Å². The smallest absolute Gasteiger partial charge is 0.253 e. The predicted octanol–water partition coefficient (Wildman–Crippen LogP) is 2.28. The van der Waals surface area contributed by atoms with Crippen molar-refractivity contribution in [2.24, 2.45) is 0 Å². The van der Waals surface area contributed by atoms with Gasteiger partial charge in [0.1, 0.15) is 5.15 Å². The first-order valence-electron chi connectivity index (χ1n) is 5.05. The van der Waals surface area contributed by atoms with Gasteiger partial charge in [0, 0.05) is 6.20 Å². The fraction of sp³-hybridized carbons (Fsp3) is 0.455. The summed E-state index contributed by atoms with van der Waals surface area (Å²) in [6, 6.07) is 1.43. The second-order valence-corrected chi connectivity index (χ2v) is 5.11. The Labute approximate surface area is 110 Å². The monoisotopic (exact) mass is 276 g/mol. The van der Waals surface area contributed by atoms with Gasteiger partial charge in [-0.1, -0.05) is 23.2 Å². The third-order valence-electron chi connectivity index (χ3n) is 2.54. The van der Waals surface area contributed by atoms with Gasteiger partial charge in [0.25, 0.3) is 5.91 Å². The molecule has 1 aromatic rings. The lowest BCUT2D eigenvalue weighted by Gasteiger charge is -2.29. The number of nitrogens with one attached hydrogen (secondary N) is 1. The summed E-state index contributed by atoms with van der Waals surface area (Å²) in [5.41, 5.74) is -0.434. The number of halogens is 2. The summed E-state index contributed by atoms with van der Waals surface area (Å²) < 4.78 is 0. The number of rotatable bonds is 3. The van der Waals surface area contributed by atoms with Crippen molar-refractivity contribution >= 4 is 29.1 Å². The zero-order valence-electron chi connectivity index (χ0n) is 9.79. The summed E-state index contributed by atoms with van der Waals surface area (Å²) in [4.78, 5) is 15.6. The van der Waals surface area contributed by atoms with Crippen molar-refractivity contribution in [1.29, 1.82) is 0 Å². The summed E-state index contributed by atoms with van der Waals surface area (Å²) in [6.07, 6.45) is 0.656. The zero-order chi connectivity index (χ0) is 13.2. The first-order chi connectivity index (χ1) is 7.74. The van der Waals surface area contributed by atoms with Crippen LogP contribution in [0.2, 0.25) is 10.2 Å². The molecule has 4 nitrogen and oxygen atoms in total. The van der Waals surface area contributed by atoms with Crippen LogP contribution in [0.15, 0.2) is 12.3 Å². The van der Waals surface area contributed by atoms with Crippen molar-refractivity contribution in [3.63, 3.8) is 0 Å². The van der Waals surface area contributed by atoms with E-state index in [2.05, 4.69) is 10.3 Å². The zero-order valence-corrected chi connectivity index (χ0v) is 11.3. The highest BCUT2D eigenvalue weighted by Gasteiger charge is 2.26. The topological polar surface area (TPSA) is 62.2 Å². The molecule has 0 aliphatic heterocycles. The molecule has 0 aliphatic rings. The Morgan fingerprint density at radius 3 is 2.59 bits per heavy atom. The minimum Gasteiger partial charge on any atom is -0.391 e. The average Bonchev–Trinajstić information content (AvgIpc) is 2.21. The number of carbonyl (C=O) groups excluding carboxylic acids is 1. The van der Waals surface area contributed by atoms with Gasteiger partial charge in [0.15, 0.2) is 0 Å². The minimum absolute atomic E-state index is 0.151. The van der Waals surface area contributed by atoms with E-state index in [1.807, 2.05) is 0 Å². The number of carbonyl (C=O) groups is 1. The van der Waals surface area contributed by atoms with Crippen molar-refractivity contribution in [3.8, 4) is 0 Å². The predicted molar refractivity (Wildman–Crippen MR) is 67.5 cm³/mol. The Kier molecular flexibility index (Phi) is 4.36. The molecule has 1 amide bonds. The Morgan fingerprint density at radius 2 is 2.12 bits per heavy atom. The molecular weight excluding hydrogens is 263 g/mol. The number of aliphatic hydroxyl groups excluding tert-OH is 1. The Hall–Kier alpha value is -0.840. The fourth-order valence-corrected chi connectivity index (χ4v) is 1.28. The minimum atomic E-state index is -0.733. The summed E-state index contributed by atoms with van der Waals surface area (Å²) in [7, 11) is 0. The molecule has 0 bridgehead atoms. The van der Waals surface area contributed by atoms with Gasteiger partial charge in [-0.05, 0) is 26.8 Å². The third-order valence-corrected chi connectivity index (χ3v) is 3.22. The summed E-state index contributed by atoms with van der Waals surface area (Å²) in [5, 5.41) is 12.6. The largest absolute Gasteiger partial charge is 0.391 e. The van der Waals surface area contributed by atoms with Gasteiger partial charge < -0.3 is 10.4 Å². The maximum Gasteiger partial charge on any atom is 0.253 e. The van der Waals surface area contributed by atoms with Crippen molar-refractivity contribution in [2.75, 3.05) is 0 Å². The van der Waals surface area contributed by atoms with Gasteiger partial charge in [0.05, 0.1) is 22.2 Å². The quantitative estimate of drug-likeness (QED) is 0.833. The SMILES string of the molecule is CC(O)C(C)(C)NC(=O)c1cnc(Cl)c(Cl)c1. The molecule has 1 heterocycles. The van der Waals surface area contributed by atoms with Crippen LogP contribution in [-0.4, -0.2) is 27.6 Å². The molecule has 2 N–H and O–H groups in total. The molecule has 0 saturated carbocycles. The molecule has 1 unspecified atom stereocenters. The maximum absolute atomic E-state index is 11.9. The average molecular weight is 277 g/mol. The highest BCUT2D eigenvalue weighted by Crippen LogP contribution is 2.20. The van der Waals surface area contributed by atoms with Crippen LogP contribution in [0.1, 0.15) is 31.1 Å². The number of aliphatic hydroxyl groups is 1. The number of hydrogen-bond acceptors (Lipinski definition) is 3. The van der Waals surface area contributed by atoms with Gasteiger partial charge in [-0.25, -0.2) is 4.98 Å². The molecule has 0 saturated heterocycles. The number of amides is 1. The molecular formula is C11H14Cl2N2O2. The molecule has 17 heavy (non-hydrogen) atoms.